The second-order valence-electron chi connectivity index (χ2n) is 6.25. The van der Waals surface area contributed by atoms with Gasteiger partial charge < -0.3 is 15.1 Å². The Bertz CT molecular complexity index is 901. The van der Waals surface area contributed by atoms with Crippen molar-refractivity contribution in [2.45, 2.75) is 4.90 Å². The van der Waals surface area contributed by atoms with E-state index in [9.17, 15) is 8.42 Å². The van der Waals surface area contributed by atoms with Gasteiger partial charge in [0.15, 0.2) is 5.96 Å². The van der Waals surface area contributed by atoms with Gasteiger partial charge in [0.25, 0.3) is 0 Å². The second kappa shape index (κ2) is 11.3. The fourth-order valence-electron chi connectivity index (χ4n) is 3.00. The summed E-state index contributed by atoms with van der Waals surface area (Å²) in [6.45, 7) is 4.30. The first-order valence-electron chi connectivity index (χ1n) is 8.99. The normalized spacial score (nSPS) is 15.2. The number of benzene rings is 1. The zero-order chi connectivity index (χ0) is 20.0. The number of nitrogens with one attached hydrogen (secondary N) is 2. The largest absolute Gasteiger partial charge is 0.360 e. The van der Waals surface area contributed by atoms with Crippen LogP contribution in [0.3, 0.4) is 0 Å². The summed E-state index contributed by atoms with van der Waals surface area (Å²) in [4.78, 5) is 9.04. The van der Waals surface area contributed by atoms with E-state index in [4.69, 9.17) is 11.6 Å². The molecule has 0 saturated carbocycles. The molecule has 29 heavy (non-hydrogen) atoms. The summed E-state index contributed by atoms with van der Waals surface area (Å²) in [5.74, 6) is 0.785. The predicted molar refractivity (Wildman–Crippen MR) is 132 cm³/mol. The van der Waals surface area contributed by atoms with E-state index in [1.165, 1.54) is 17.1 Å². The molecule has 3 rings (SSSR count). The zero-order valence-corrected chi connectivity index (χ0v) is 20.8. The maximum atomic E-state index is 12.3. The Morgan fingerprint density at radius 1 is 1.17 bits per heavy atom. The number of halogens is 2. The van der Waals surface area contributed by atoms with Gasteiger partial charge in [0.05, 0.1) is 9.90 Å². The van der Waals surface area contributed by atoms with Gasteiger partial charge in [0, 0.05) is 51.3 Å². The molecule has 1 aliphatic rings. The Kier molecular flexibility index (Phi) is 9.47. The third-order valence-corrected chi connectivity index (χ3v) is 7.04. The molecular weight excluding hydrogens is 545 g/mol. The molecule has 2 heterocycles. The van der Waals surface area contributed by atoms with Gasteiger partial charge in [0.1, 0.15) is 0 Å². The molecule has 0 atom stereocenters. The van der Waals surface area contributed by atoms with Gasteiger partial charge in [-0.3, -0.25) is 4.99 Å². The molecule has 0 spiro atoms. The van der Waals surface area contributed by atoms with Crippen LogP contribution in [-0.4, -0.2) is 65.6 Å². The molecule has 0 bridgehead atoms. The first-order chi connectivity index (χ1) is 13.5. The van der Waals surface area contributed by atoms with Crippen molar-refractivity contribution in [3.05, 3.63) is 46.8 Å². The van der Waals surface area contributed by atoms with Gasteiger partial charge in [-0.15, -0.1) is 35.3 Å². The number of piperazine rings is 1. The number of thiophene rings is 1. The number of hydrogen-bond acceptors (Lipinski definition) is 5. The Labute approximate surface area is 198 Å². The van der Waals surface area contributed by atoms with Gasteiger partial charge in [-0.25, -0.2) is 13.1 Å². The molecule has 1 aromatic heterocycles. The van der Waals surface area contributed by atoms with Crippen molar-refractivity contribution in [1.82, 2.24) is 14.9 Å². The van der Waals surface area contributed by atoms with Crippen LogP contribution in [0.1, 0.15) is 0 Å². The molecule has 0 aliphatic carbocycles. The van der Waals surface area contributed by atoms with Crippen molar-refractivity contribution < 1.29 is 8.42 Å². The fraction of sp³-hybridized carbons (Fsp3) is 0.389. The van der Waals surface area contributed by atoms with E-state index < -0.39 is 10.0 Å². The Balaban J connectivity index is 0.00000300. The lowest BCUT2D eigenvalue weighted by molar-refractivity contribution is 0.374. The van der Waals surface area contributed by atoms with Crippen molar-refractivity contribution >= 4 is 67.9 Å². The van der Waals surface area contributed by atoms with Crippen molar-refractivity contribution in [2.24, 2.45) is 4.99 Å². The van der Waals surface area contributed by atoms with Crippen LogP contribution in [0, 0.1) is 0 Å². The predicted octanol–water partition coefficient (Wildman–Crippen LogP) is 2.70. The third kappa shape index (κ3) is 6.71. The van der Waals surface area contributed by atoms with Gasteiger partial charge in [-0.1, -0.05) is 17.7 Å². The van der Waals surface area contributed by atoms with Crippen molar-refractivity contribution in [3.8, 4) is 0 Å². The molecule has 7 nitrogen and oxygen atoms in total. The fourth-order valence-corrected chi connectivity index (χ4v) is 5.12. The minimum absolute atomic E-state index is 0. The minimum Gasteiger partial charge on any atom is -0.360 e. The molecule has 1 fully saturated rings. The van der Waals surface area contributed by atoms with E-state index in [1.54, 1.807) is 30.5 Å². The van der Waals surface area contributed by atoms with Crippen LogP contribution in [0.25, 0.3) is 0 Å². The smallest absolute Gasteiger partial charge is 0.240 e. The van der Waals surface area contributed by atoms with Crippen LogP contribution in [0.15, 0.2) is 51.7 Å². The molecule has 160 valence electrons. The second-order valence-corrected chi connectivity index (χ2v) is 9.38. The minimum atomic E-state index is -3.58. The number of hydrogen-bond donors (Lipinski definition) is 2. The first kappa shape index (κ1) is 24.2. The van der Waals surface area contributed by atoms with Gasteiger partial charge >= 0.3 is 0 Å². The molecule has 0 amide bonds. The van der Waals surface area contributed by atoms with Crippen LogP contribution in [0.2, 0.25) is 5.02 Å². The van der Waals surface area contributed by atoms with Gasteiger partial charge in [-0.2, -0.15) is 0 Å². The van der Waals surface area contributed by atoms with Crippen molar-refractivity contribution in [2.75, 3.05) is 51.2 Å². The maximum absolute atomic E-state index is 12.3. The summed E-state index contributed by atoms with van der Waals surface area (Å²) in [5.41, 5.74) is 0. The Morgan fingerprint density at radius 3 is 2.55 bits per heavy atom. The lowest BCUT2D eigenvalue weighted by Gasteiger charge is -2.37. The Hall–Kier alpha value is -1.08. The summed E-state index contributed by atoms with van der Waals surface area (Å²) in [6.07, 6.45) is 0. The van der Waals surface area contributed by atoms with Crippen LogP contribution >= 0.6 is 46.9 Å². The molecule has 11 heteroatoms. The summed E-state index contributed by atoms with van der Waals surface area (Å²) < 4.78 is 27.2. The highest BCUT2D eigenvalue weighted by atomic mass is 127. The molecule has 0 radical (unpaired) electrons. The Morgan fingerprint density at radius 2 is 1.93 bits per heavy atom. The molecule has 1 saturated heterocycles. The topological polar surface area (TPSA) is 77.0 Å². The van der Waals surface area contributed by atoms with Crippen LogP contribution in [-0.2, 0) is 10.0 Å². The summed E-state index contributed by atoms with van der Waals surface area (Å²) in [5, 5.41) is 7.00. The first-order valence-corrected chi connectivity index (χ1v) is 11.7. The van der Waals surface area contributed by atoms with Crippen LogP contribution in [0.5, 0.6) is 0 Å². The van der Waals surface area contributed by atoms with E-state index in [1.807, 2.05) is 0 Å². The standard InChI is InChI=1S/C18H24ClN5O2S2.HI/c1-20-18(24-11-9-23(10-12-24)17-6-3-13-27-17)21-7-8-22-28(25,26)16-5-2-4-15(19)14-16;/h2-6,13-14,22H,7-12H2,1H3,(H,20,21);1H. The number of rotatable bonds is 6. The zero-order valence-electron chi connectivity index (χ0n) is 16.0. The summed E-state index contributed by atoms with van der Waals surface area (Å²) >= 11 is 7.62. The summed E-state index contributed by atoms with van der Waals surface area (Å²) in [6, 6.07) is 10.4. The molecule has 1 aliphatic heterocycles. The number of nitrogens with zero attached hydrogens (tertiary/aromatic N) is 3. The van der Waals surface area contributed by atoms with Gasteiger partial charge in [-0.05, 0) is 35.7 Å². The number of anilines is 1. The van der Waals surface area contributed by atoms with E-state index in [2.05, 4.69) is 42.3 Å². The lowest BCUT2D eigenvalue weighted by Crippen LogP contribution is -2.53. The summed E-state index contributed by atoms with van der Waals surface area (Å²) in [7, 11) is -1.84. The number of sulfonamides is 1. The highest BCUT2D eigenvalue weighted by Crippen LogP contribution is 2.22. The highest BCUT2D eigenvalue weighted by Gasteiger charge is 2.20. The number of aliphatic imine (C=N–C) groups is 1. The SMILES string of the molecule is CN=C(NCCNS(=O)(=O)c1cccc(Cl)c1)N1CCN(c2cccs2)CC1.I. The third-order valence-electron chi connectivity index (χ3n) is 4.42. The molecule has 1 aromatic carbocycles. The molecular formula is C18H25ClIN5O2S2. The average Bonchev–Trinajstić information content (AvgIpc) is 3.23. The molecule has 0 unspecified atom stereocenters. The van der Waals surface area contributed by atoms with Crippen molar-refractivity contribution in [1.29, 1.82) is 0 Å². The quantitative estimate of drug-likeness (QED) is 0.242. The maximum Gasteiger partial charge on any atom is 0.240 e. The van der Waals surface area contributed by atoms with E-state index in [0.29, 0.717) is 11.6 Å². The molecule has 2 N–H and O–H groups in total. The average molecular weight is 570 g/mol. The lowest BCUT2D eigenvalue weighted by atomic mass is 10.3. The van der Waals surface area contributed by atoms with E-state index in [0.717, 1.165) is 32.1 Å². The number of guanidine groups is 1. The molecule has 2 aromatic rings. The van der Waals surface area contributed by atoms with Crippen LogP contribution < -0.4 is 14.9 Å². The van der Waals surface area contributed by atoms with E-state index in [-0.39, 0.29) is 35.4 Å². The van der Waals surface area contributed by atoms with Crippen molar-refractivity contribution in [3.63, 3.8) is 0 Å². The highest BCUT2D eigenvalue weighted by molar-refractivity contribution is 14.0. The monoisotopic (exact) mass is 569 g/mol. The van der Waals surface area contributed by atoms with Crippen LogP contribution in [0.4, 0.5) is 5.00 Å². The van der Waals surface area contributed by atoms with E-state index >= 15 is 0 Å². The van der Waals surface area contributed by atoms with Gasteiger partial charge in [0.2, 0.25) is 10.0 Å².